The van der Waals surface area contributed by atoms with Gasteiger partial charge in [-0.3, -0.25) is 5.32 Å². The van der Waals surface area contributed by atoms with Crippen LogP contribution in [0.1, 0.15) is 17.8 Å². The minimum atomic E-state index is -0.0730. The Bertz CT molecular complexity index is 1010. The van der Waals surface area contributed by atoms with Gasteiger partial charge in [-0.1, -0.05) is 23.5 Å². The zero-order valence-electron chi connectivity index (χ0n) is 15.0. The zero-order chi connectivity index (χ0) is 18.4. The molecule has 2 aromatic heterocycles. The number of carbonyl (C=O) groups is 1. The molecule has 7 nitrogen and oxygen atoms in total. The number of benzene rings is 1. The number of nitrogens with one attached hydrogen (secondary N) is 2. The molecule has 5 rings (SSSR count). The number of amides is 2. The van der Waals surface area contributed by atoms with E-state index in [1.54, 1.807) is 17.5 Å². The summed E-state index contributed by atoms with van der Waals surface area (Å²) in [4.78, 5) is 18.9. The highest BCUT2D eigenvalue weighted by molar-refractivity contribution is 7.14. The maximum Gasteiger partial charge on any atom is 0.323 e. The van der Waals surface area contributed by atoms with Crippen LogP contribution in [0.2, 0.25) is 0 Å². The number of fused-ring (bicyclic) bond motifs is 3. The molecule has 2 amide bonds. The second kappa shape index (κ2) is 6.54. The number of pyridine rings is 1. The fraction of sp³-hybridized carbons (Fsp3) is 0.368. The van der Waals surface area contributed by atoms with Gasteiger partial charge in [0.2, 0.25) is 0 Å². The number of carbonyl (C=O) groups excluding carboxylic acids is 1. The van der Waals surface area contributed by atoms with Gasteiger partial charge in [-0.25, -0.2) is 9.78 Å². The van der Waals surface area contributed by atoms with Crippen LogP contribution in [0, 0.1) is 6.92 Å². The molecule has 0 saturated carbocycles. The molecule has 0 radical (unpaired) electrons. The van der Waals surface area contributed by atoms with Crippen molar-refractivity contribution in [2.45, 2.75) is 31.8 Å². The van der Waals surface area contributed by atoms with E-state index in [1.807, 2.05) is 30.0 Å². The predicted octanol–water partition coefficient (Wildman–Crippen LogP) is 3.03. The molecule has 2 saturated heterocycles. The third kappa shape index (κ3) is 3.26. The van der Waals surface area contributed by atoms with E-state index in [1.165, 1.54) is 0 Å². The van der Waals surface area contributed by atoms with E-state index in [0.717, 1.165) is 52.3 Å². The average Bonchev–Trinajstić information content (AvgIpc) is 3.26. The van der Waals surface area contributed by atoms with Crippen molar-refractivity contribution < 1.29 is 4.79 Å². The van der Waals surface area contributed by atoms with Crippen molar-refractivity contribution >= 4 is 34.0 Å². The van der Waals surface area contributed by atoms with Crippen LogP contribution in [-0.4, -0.2) is 51.3 Å². The van der Waals surface area contributed by atoms with Gasteiger partial charge in [-0.2, -0.15) is 0 Å². The monoisotopic (exact) mass is 380 g/mol. The molecule has 0 aliphatic carbocycles. The first-order chi connectivity index (χ1) is 13.1. The summed E-state index contributed by atoms with van der Waals surface area (Å²) in [6.07, 6.45) is 4.09. The number of anilines is 1. The maximum atomic E-state index is 12.6. The standard InChI is InChI=1S/C19H20N6OS/c1-11-23-24-18(27-11)12-2-3-13-8-20-17(7-14(13)6-12)22-19(26)25-9-15-4-5-16(10-25)21-15/h2-3,6-8,15-16,21H,4-5,9-10H2,1H3,(H,20,22,26). The lowest BCUT2D eigenvalue weighted by Gasteiger charge is -2.32. The summed E-state index contributed by atoms with van der Waals surface area (Å²) in [6, 6.07) is 8.82. The summed E-state index contributed by atoms with van der Waals surface area (Å²) in [6.45, 7) is 3.47. The van der Waals surface area contributed by atoms with E-state index >= 15 is 0 Å². The number of rotatable bonds is 2. The van der Waals surface area contributed by atoms with E-state index in [0.29, 0.717) is 17.9 Å². The van der Waals surface area contributed by atoms with Crippen LogP contribution in [-0.2, 0) is 0 Å². The van der Waals surface area contributed by atoms with Crippen LogP contribution in [0.4, 0.5) is 10.6 Å². The van der Waals surface area contributed by atoms with Crippen molar-refractivity contribution in [2.24, 2.45) is 0 Å². The number of aromatic nitrogens is 3. The highest BCUT2D eigenvalue weighted by Gasteiger charge is 2.34. The molecule has 0 spiro atoms. The highest BCUT2D eigenvalue weighted by Crippen LogP contribution is 2.28. The Morgan fingerprint density at radius 3 is 2.74 bits per heavy atom. The molecular formula is C19H20N6OS. The first kappa shape index (κ1) is 16.6. The van der Waals surface area contributed by atoms with Gasteiger partial charge in [-0.05, 0) is 37.3 Å². The van der Waals surface area contributed by atoms with Crippen molar-refractivity contribution in [1.82, 2.24) is 25.4 Å². The van der Waals surface area contributed by atoms with Crippen LogP contribution < -0.4 is 10.6 Å². The van der Waals surface area contributed by atoms with Crippen LogP contribution in [0.3, 0.4) is 0 Å². The first-order valence-electron chi connectivity index (χ1n) is 9.16. The molecule has 3 aromatic rings. The number of hydrogen-bond acceptors (Lipinski definition) is 6. The SMILES string of the molecule is Cc1nnc(-c2ccc3cnc(NC(=O)N4CC5CCC(C4)N5)cc3c2)s1. The third-order valence-corrected chi connectivity index (χ3v) is 6.12. The van der Waals surface area contributed by atoms with Gasteiger partial charge in [0.05, 0.1) is 0 Å². The third-order valence-electron chi connectivity index (χ3n) is 5.23. The van der Waals surface area contributed by atoms with Gasteiger partial charge in [0.15, 0.2) is 0 Å². The summed E-state index contributed by atoms with van der Waals surface area (Å²) in [5, 5.41) is 18.7. The Kier molecular flexibility index (Phi) is 4.02. The lowest BCUT2D eigenvalue weighted by Crippen LogP contribution is -2.54. The summed E-state index contributed by atoms with van der Waals surface area (Å²) in [7, 11) is 0. The second-order valence-corrected chi connectivity index (χ2v) is 8.41. The number of piperazine rings is 1. The summed E-state index contributed by atoms with van der Waals surface area (Å²) in [5.41, 5.74) is 1.02. The lowest BCUT2D eigenvalue weighted by atomic mass is 10.1. The van der Waals surface area contributed by atoms with Crippen molar-refractivity contribution in [3.63, 3.8) is 0 Å². The molecule has 2 aliphatic heterocycles. The molecule has 2 fully saturated rings. The molecule has 1 aromatic carbocycles. The zero-order valence-corrected chi connectivity index (χ0v) is 15.8. The Morgan fingerprint density at radius 1 is 1.19 bits per heavy atom. The molecule has 138 valence electrons. The fourth-order valence-electron chi connectivity index (χ4n) is 3.91. The van der Waals surface area contributed by atoms with Crippen LogP contribution in [0.15, 0.2) is 30.5 Å². The van der Waals surface area contributed by atoms with Gasteiger partial charge in [0.1, 0.15) is 15.8 Å². The van der Waals surface area contributed by atoms with Crippen LogP contribution in [0.25, 0.3) is 21.3 Å². The van der Waals surface area contributed by atoms with E-state index in [2.05, 4.69) is 31.9 Å². The second-order valence-electron chi connectivity index (χ2n) is 7.23. The molecule has 2 bridgehead atoms. The summed E-state index contributed by atoms with van der Waals surface area (Å²) in [5.74, 6) is 0.573. The number of aryl methyl sites for hydroxylation is 1. The molecule has 8 heteroatoms. The summed E-state index contributed by atoms with van der Waals surface area (Å²) >= 11 is 1.57. The Hall–Kier alpha value is -2.58. The molecule has 2 aliphatic rings. The first-order valence-corrected chi connectivity index (χ1v) is 9.98. The van der Waals surface area contributed by atoms with Crippen LogP contribution in [0.5, 0.6) is 0 Å². The topological polar surface area (TPSA) is 83.0 Å². The van der Waals surface area contributed by atoms with Gasteiger partial charge < -0.3 is 10.2 Å². The van der Waals surface area contributed by atoms with Gasteiger partial charge in [0, 0.05) is 42.3 Å². The predicted molar refractivity (Wildman–Crippen MR) is 106 cm³/mol. The number of nitrogens with zero attached hydrogens (tertiary/aromatic N) is 4. The van der Waals surface area contributed by atoms with E-state index in [-0.39, 0.29) is 6.03 Å². The van der Waals surface area contributed by atoms with Crippen molar-refractivity contribution in [2.75, 3.05) is 18.4 Å². The molecular weight excluding hydrogens is 360 g/mol. The van der Waals surface area contributed by atoms with Crippen molar-refractivity contribution in [3.8, 4) is 10.6 Å². The Morgan fingerprint density at radius 2 is 2.00 bits per heavy atom. The maximum absolute atomic E-state index is 12.6. The molecule has 4 heterocycles. The minimum Gasteiger partial charge on any atom is -0.321 e. The quantitative estimate of drug-likeness (QED) is 0.714. The number of hydrogen-bond donors (Lipinski definition) is 2. The minimum absolute atomic E-state index is 0.0730. The lowest BCUT2D eigenvalue weighted by molar-refractivity contribution is 0.188. The molecule has 2 atom stereocenters. The molecule has 2 unspecified atom stereocenters. The van der Waals surface area contributed by atoms with Crippen molar-refractivity contribution in [3.05, 3.63) is 35.5 Å². The highest BCUT2D eigenvalue weighted by atomic mass is 32.1. The number of urea groups is 1. The number of likely N-dealkylation sites (tertiary alicyclic amines) is 1. The van der Waals surface area contributed by atoms with E-state index in [9.17, 15) is 4.79 Å². The summed E-state index contributed by atoms with van der Waals surface area (Å²) < 4.78 is 0. The van der Waals surface area contributed by atoms with Gasteiger partial charge in [0.25, 0.3) is 0 Å². The average molecular weight is 380 g/mol. The van der Waals surface area contributed by atoms with Gasteiger partial charge >= 0.3 is 6.03 Å². The molecule has 27 heavy (non-hydrogen) atoms. The van der Waals surface area contributed by atoms with Crippen molar-refractivity contribution in [1.29, 1.82) is 0 Å². The largest absolute Gasteiger partial charge is 0.323 e. The van der Waals surface area contributed by atoms with Gasteiger partial charge in [-0.15, -0.1) is 10.2 Å². The Labute approximate surface area is 160 Å². The van der Waals surface area contributed by atoms with E-state index in [4.69, 9.17) is 0 Å². The molecule has 2 N–H and O–H groups in total. The Balaban J connectivity index is 1.38. The van der Waals surface area contributed by atoms with Crippen LogP contribution >= 0.6 is 11.3 Å². The smallest absolute Gasteiger partial charge is 0.321 e. The van der Waals surface area contributed by atoms with E-state index < -0.39 is 0 Å². The fourth-order valence-corrected chi connectivity index (χ4v) is 4.59. The normalized spacial score (nSPS) is 21.6.